The zero-order valence-electron chi connectivity index (χ0n) is 11.4. The molecule has 0 aromatic heterocycles. The van der Waals surface area contributed by atoms with Crippen LogP contribution in [0.15, 0.2) is 4.99 Å². The van der Waals surface area contributed by atoms with Gasteiger partial charge in [-0.3, -0.25) is 14.6 Å². The highest BCUT2D eigenvalue weighted by Crippen LogP contribution is 2.17. The number of guanidine groups is 1. The van der Waals surface area contributed by atoms with E-state index in [2.05, 4.69) is 4.99 Å². The maximum absolute atomic E-state index is 10.9. The summed E-state index contributed by atoms with van der Waals surface area (Å²) in [7, 11) is 0. The van der Waals surface area contributed by atoms with Gasteiger partial charge in [0, 0.05) is 12.6 Å². The first-order valence-corrected chi connectivity index (χ1v) is 6.17. The molecule has 0 fully saturated rings. The second-order valence-electron chi connectivity index (χ2n) is 4.84. The van der Waals surface area contributed by atoms with Gasteiger partial charge in [0.15, 0.2) is 5.96 Å². The Morgan fingerprint density at radius 3 is 2.05 bits per heavy atom. The number of hydrogen-bond acceptors (Lipinski definition) is 5. The molecule has 0 aliphatic carbocycles. The summed E-state index contributed by atoms with van der Waals surface area (Å²) in [6, 6.07) is -1.70. The Hall–Kier alpha value is -1.87. The van der Waals surface area contributed by atoms with E-state index >= 15 is 0 Å². The summed E-state index contributed by atoms with van der Waals surface area (Å²) in [5, 5.41) is 17.7. The van der Waals surface area contributed by atoms with Crippen LogP contribution in [0.1, 0.15) is 19.8 Å². The predicted octanol–water partition coefficient (Wildman–Crippen LogP) is -1.88. The summed E-state index contributed by atoms with van der Waals surface area (Å²) in [5.41, 5.74) is 21.7. The summed E-state index contributed by atoms with van der Waals surface area (Å²) in [6.45, 7) is 1.64. The molecular formula is C11H23N5O4. The van der Waals surface area contributed by atoms with Crippen molar-refractivity contribution in [2.45, 2.75) is 31.8 Å². The molecule has 4 atom stereocenters. The van der Waals surface area contributed by atoms with Crippen molar-refractivity contribution >= 4 is 17.9 Å². The Morgan fingerprint density at radius 1 is 1.10 bits per heavy atom. The molecule has 0 heterocycles. The van der Waals surface area contributed by atoms with E-state index in [0.29, 0.717) is 0 Å². The van der Waals surface area contributed by atoms with Gasteiger partial charge in [-0.15, -0.1) is 0 Å². The Kier molecular flexibility index (Phi) is 7.55. The molecule has 9 nitrogen and oxygen atoms in total. The van der Waals surface area contributed by atoms with Crippen molar-refractivity contribution in [2.24, 2.45) is 39.8 Å². The van der Waals surface area contributed by atoms with Gasteiger partial charge < -0.3 is 33.1 Å². The van der Waals surface area contributed by atoms with Gasteiger partial charge in [-0.2, -0.15) is 0 Å². The molecule has 0 amide bonds. The van der Waals surface area contributed by atoms with Crippen molar-refractivity contribution in [3.63, 3.8) is 0 Å². The number of aliphatic imine (C=N–C) groups is 1. The third kappa shape index (κ3) is 6.90. The average Bonchev–Trinajstić information content (AvgIpc) is 2.34. The molecular weight excluding hydrogens is 266 g/mol. The third-order valence-electron chi connectivity index (χ3n) is 3.07. The molecule has 0 bridgehead atoms. The van der Waals surface area contributed by atoms with Gasteiger partial charge in [-0.05, 0) is 18.8 Å². The molecule has 0 radical (unpaired) electrons. The predicted molar refractivity (Wildman–Crippen MR) is 73.8 cm³/mol. The monoisotopic (exact) mass is 289 g/mol. The molecule has 0 saturated carbocycles. The van der Waals surface area contributed by atoms with Gasteiger partial charge in [0.25, 0.3) is 0 Å². The zero-order chi connectivity index (χ0) is 15.9. The molecule has 0 rings (SSSR count). The van der Waals surface area contributed by atoms with Crippen LogP contribution in [0, 0.1) is 11.8 Å². The summed E-state index contributed by atoms with van der Waals surface area (Å²) in [6.07, 6.45) is 0.386. The first-order chi connectivity index (χ1) is 9.15. The number of rotatable bonds is 9. The van der Waals surface area contributed by atoms with Crippen LogP contribution in [0.5, 0.6) is 0 Å². The van der Waals surface area contributed by atoms with Crippen LogP contribution in [-0.4, -0.2) is 46.7 Å². The minimum absolute atomic E-state index is 0.117. The van der Waals surface area contributed by atoms with Crippen LogP contribution in [-0.2, 0) is 9.59 Å². The highest BCUT2D eigenvalue weighted by Gasteiger charge is 2.26. The fourth-order valence-electron chi connectivity index (χ4n) is 1.71. The van der Waals surface area contributed by atoms with Gasteiger partial charge in [-0.25, -0.2) is 0 Å². The van der Waals surface area contributed by atoms with Crippen LogP contribution in [0.4, 0.5) is 0 Å². The molecule has 0 aliphatic heterocycles. The van der Waals surface area contributed by atoms with Gasteiger partial charge in [-0.1, -0.05) is 6.92 Å². The number of carboxylic acid groups (broad SMARTS) is 2. The molecule has 0 saturated heterocycles. The average molecular weight is 289 g/mol. The molecule has 0 aliphatic rings. The molecule has 10 N–H and O–H groups in total. The number of nitrogens with zero attached hydrogens (tertiary/aromatic N) is 1. The summed E-state index contributed by atoms with van der Waals surface area (Å²) < 4.78 is 0. The quantitative estimate of drug-likeness (QED) is 0.209. The van der Waals surface area contributed by atoms with E-state index in [1.165, 1.54) is 6.92 Å². The SMILES string of the molecule is CC(C(=O)O)[C@H](N)CC(CN=C(N)N)C[C@H](N)C(=O)O. The van der Waals surface area contributed by atoms with Gasteiger partial charge in [0.1, 0.15) is 6.04 Å². The molecule has 9 heteroatoms. The maximum Gasteiger partial charge on any atom is 0.320 e. The van der Waals surface area contributed by atoms with Crippen LogP contribution >= 0.6 is 0 Å². The second-order valence-corrected chi connectivity index (χ2v) is 4.84. The summed E-state index contributed by atoms with van der Waals surface area (Å²) >= 11 is 0. The Balaban J connectivity index is 4.71. The van der Waals surface area contributed by atoms with Crippen molar-refractivity contribution in [3.8, 4) is 0 Å². The highest BCUT2D eigenvalue weighted by molar-refractivity contribution is 5.75. The molecule has 2 unspecified atom stereocenters. The minimum Gasteiger partial charge on any atom is -0.481 e. The zero-order valence-corrected chi connectivity index (χ0v) is 11.4. The van der Waals surface area contributed by atoms with E-state index in [9.17, 15) is 9.59 Å². The summed E-state index contributed by atoms with van der Waals surface area (Å²) in [5.74, 6) is -3.34. The van der Waals surface area contributed by atoms with Gasteiger partial charge in [0.2, 0.25) is 0 Å². The lowest BCUT2D eigenvalue weighted by Gasteiger charge is -2.23. The Bertz CT molecular complexity index is 370. The highest BCUT2D eigenvalue weighted by atomic mass is 16.4. The first-order valence-electron chi connectivity index (χ1n) is 6.17. The van der Waals surface area contributed by atoms with Crippen LogP contribution in [0.3, 0.4) is 0 Å². The number of hydrogen-bond donors (Lipinski definition) is 6. The smallest absolute Gasteiger partial charge is 0.320 e. The van der Waals surface area contributed by atoms with Crippen molar-refractivity contribution < 1.29 is 19.8 Å². The molecule has 116 valence electrons. The van der Waals surface area contributed by atoms with Crippen molar-refractivity contribution in [3.05, 3.63) is 0 Å². The summed E-state index contributed by atoms with van der Waals surface area (Å²) in [4.78, 5) is 25.4. The standard InChI is InChI=1S/C11H23N5O4/c1-5(9(17)18)7(12)2-6(4-16-11(14)15)3-8(13)10(19)20/h5-8H,2-4,12-13H2,1H3,(H,17,18)(H,19,20)(H4,14,15,16)/t5?,6?,7-,8+/m1/s1. The van der Waals surface area contributed by atoms with E-state index in [1.54, 1.807) is 0 Å². The molecule has 0 aromatic rings. The lowest BCUT2D eigenvalue weighted by molar-refractivity contribution is -0.142. The van der Waals surface area contributed by atoms with E-state index in [4.69, 9.17) is 33.1 Å². The minimum atomic E-state index is -1.14. The fraction of sp³-hybridized carbons (Fsp3) is 0.727. The normalized spacial score (nSPS) is 16.8. The Morgan fingerprint density at radius 2 is 1.65 bits per heavy atom. The topological polar surface area (TPSA) is 191 Å². The molecule has 20 heavy (non-hydrogen) atoms. The van der Waals surface area contributed by atoms with Crippen LogP contribution < -0.4 is 22.9 Å². The fourth-order valence-corrected chi connectivity index (χ4v) is 1.71. The number of aliphatic carboxylic acids is 2. The lowest BCUT2D eigenvalue weighted by Crippen LogP contribution is -2.39. The van der Waals surface area contributed by atoms with Crippen LogP contribution in [0.2, 0.25) is 0 Å². The number of carboxylic acids is 2. The lowest BCUT2D eigenvalue weighted by atomic mass is 9.88. The third-order valence-corrected chi connectivity index (χ3v) is 3.07. The molecule has 0 aromatic carbocycles. The van der Waals surface area contributed by atoms with Gasteiger partial charge >= 0.3 is 11.9 Å². The van der Waals surface area contributed by atoms with E-state index < -0.39 is 29.9 Å². The number of carbonyl (C=O) groups is 2. The van der Waals surface area contributed by atoms with E-state index in [1.807, 2.05) is 0 Å². The van der Waals surface area contributed by atoms with Crippen LogP contribution in [0.25, 0.3) is 0 Å². The number of nitrogens with two attached hydrogens (primary N) is 4. The van der Waals surface area contributed by atoms with Crippen molar-refractivity contribution in [1.29, 1.82) is 0 Å². The van der Waals surface area contributed by atoms with Gasteiger partial charge in [0.05, 0.1) is 5.92 Å². The van der Waals surface area contributed by atoms with E-state index in [0.717, 1.165) is 0 Å². The Labute approximate surface area is 117 Å². The van der Waals surface area contributed by atoms with Crippen molar-refractivity contribution in [2.75, 3.05) is 6.54 Å². The molecule has 0 spiro atoms. The first kappa shape index (κ1) is 18.1. The van der Waals surface area contributed by atoms with E-state index in [-0.39, 0.29) is 31.3 Å². The maximum atomic E-state index is 10.9. The largest absolute Gasteiger partial charge is 0.481 e. The van der Waals surface area contributed by atoms with Crippen molar-refractivity contribution in [1.82, 2.24) is 0 Å². The second kappa shape index (κ2) is 8.33.